The Morgan fingerprint density at radius 3 is 2.58 bits per heavy atom. The molecule has 0 fully saturated rings. The van der Waals surface area contributed by atoms with E-state index in [1.807, 2.05) is 31.2 Å². The van der Waals surface area contributed by atoms with E-state index in [2.05, 4.69) is 15.3 Å². The Kier molecular flexibility index (Phi) is 3.81. The highest BCUT2D eigenvalue weighted by Crippen LogP contribution is 2.21. The fourth-order valence-electron chi connectivity index (χ4n) is 1.70. The first-order chi connectivity index (χ1) is 9.22. The lowest BCUT2D eigenvalue weighted by Crippen LogP contribution is -2.12. The van der Waals surface area contributed by atoms with E-state index in [0.29, 0.717) is 11.3 Å². The quantitative estimate of drug-likeness (QED) is 0.496. The molecular weight excluding hydrogens is 240 g/mol. The van der Waals surface area contributed by atoms with Gasteiger partial charge in [-0.2, -0.15) is 0 Å². The molecule has 1 N–H and O–H groups in total. The van der Waals surface area contributed by atoms with Crippen molar-refractivity contribution in [3.05, 3.63) is 70.1 Å². The van der Waals surface area contributed by atoms with Crippen molar-refractivity contribution in [3.63, 3.8) is 0 Å². The lowest BCUT2D eigenvalue weighted by atomic mass is 10.1. The minimum absolute atomic E-state index is 0.294. The van der Waals surface area contributed by atoms with Crippen molar-refractivity contribution in [2.75, 3.05) is 5.32 Å². The van der Waals surface area contributed by atoms with Crippen LogP contribution in [0.3, 0.4) is 0 Å². The molecule has 0 heterocycles. The van der Waals surface area contributed by atoms with Crippen molar-refractivity contribution < 1.29 is 4.79 Å². The fraction of sp³-hybridized carbons (Fsp3) is 0.0714. The van der Waals surface area contributed by atoms with Crippen LogP contribution in [0.25, 0.3) is 10.4 Å². The molecule has 0 saturated heterocycles. The molecule has 0 atom stereocenters. The monoisotopic (exact) mass is 252 g/mol. The van der Waals surface area contributed by atoms with E-state index < -0.39 is 0 Å². The maximum absolute atomic E-state index is 12.2. The van der Waals surface area contributed by atoms with Crippen molar-refractivity contribution >= 4 is 17.3 Å². The number of hydrogen-bond donors (Lipinski definition) is 1. The summed E-state index contributed by atoms with van der Waals surface area (Å²) in [6.07, 6.45) is 0. The summed E-state index contributed by atoms with van der Waals surface area (Å²) in [7, 11) is 0. The van der Waals surface area contributed by atoms with Gasteiger partial charge in [-0.25, -0.2) is 0 Å². The van der Waals surface area contributed by atoms with Gasteiger partial charge in [-0.1, -0.05) is 41.5 Å². The predicted molar refractivity (Wildman–Crippen MR) is 74.4 cm³/mol. The van der Waals surface area contributed by atoms with Crippen LogP contribution in [-0.4, -0.2) is 5.91 Å². The minimum atomic E-state index is -0.294. The summed E-state index contributed by atoms with van der Waals surface area (Å²) in [5, 5.41) is 6.31. The molecule has 2 aromatic carbocycles. The van der Waals surface area contributed by atoms with Gasteiger partial charge in [-0.15, -0.1) is 0 Å². The molecule has 0 unspecified atom stereocenters. The average molecular weight is 252 g/mol. The summed E-state index contributed by atoms with van der Waals surface area (Å²) in [4.78, 5) is 14.9. The molecule has 0 aliphatic rings. The lowest BCUT2D eigenvalue weighted by Gasteiger charge is -2.09. The number of nitrogens with one attached hydrogen (secondary N) is 1. The summed E-state index contributed by atoms with van der Waals surface area (Å²) in [6.45, 7) is 1.91. The molecule has 5 heteroatoms. The van der Waals surface area contributed by atoms with Crippen LogP contribution in [0.4, 0.5) is 11.4 Å². The predicted octanol–water partition coefficient (Wildman–Crippen LogP) is 4.19. The zero-order valence-corrected chi connectivity index (χ0v) is 10.4. The van der Waals surface area contributed by atoms with Gasteiger partial charge in [0.15, 0.2) is 0 Å². The Balaban J connectivity index is 2.31. The topological polar surface area (TPSA) is 77.9 Å². The van der Waals surface area contributed by atoms with Crippen LogP contribution in [-0.2, 0) is 0 Å². The van der Waals surface area contributed by atoms with Crippen molar-refractivity contribution in [1.82, 2.24) is 0 Å². The summed E-state index contributed by atoms with van der Waals surface area (Å²) < 4.78 is 0. The Morgan fingerprint density at radius 2 is 1.84 bits per heavy atom. The zero-order valence-electron chi connectivity index (χ0n) is 10.4. The zero-order chi connectivity index (χ0) is 13.7. The van der Waals surface area contributed by atoms with Gasteiger partial charge >= 0.3 is 0 Å². The summed E-state index contributed by atoms with van der Waals surface area (Å²) in [5.74, 6) is -0.294. The third-order valence-corrected chi connectivity index (χ3v) is 2.69. The van der Waals surface area contributed by atoms with Gasteiger partial charge in [-0.3, -0.25) is 4.79 Å². The van der Waals surface area contributed by atoms with E-state index in [0.717, 1.165) is 11.3 Å². The van der Waals surface area contributed by atoms with Crippen molar-refractivity contribution in [3.8, 4) is 0 Å². The van der Waals surface area contributed by atoms with Crippen LogP contribution in [0.1, 0.15) is 15.9 Å². The third-order valence-electron chi connectivity index (χ3n) is 2.69. The van der Waals surface area contributed by atoms with Gasteiger partial charge in [0.1, 0.15) is 0 Å². The first kappa shape index (κ1) is 12.7. The Bertz CT molecular complexity index is 660. The molecule has 5 nitrogen and oxygen atoms in total. The van der Waals surface area contributed by atoms with Gasteiger partial charge in [0, 0.05) is 16.2 Å². The molecule has 0 aromatic heterocycles. The van der Waals surface area contributed by atoms with Crippen molar-refractivity contribution in [2.24, 2.45) is 5.11 Å². The molecule has 19 heavy (non-hydrogen) atoms. The summed E-state index contributed by atoms with van der Waals surface area (Å²) in [6, 6.07) is 14.2. The first-order valence-corrected chi connectivity index (χ1v) is 5.73. The van der Waals surface area contributed by atoms with E-state index >= 15 is 0 Å². The standard InChI is InChI=1S/C14H12N4O/c1-10-6-2-4-8-12(10)16-14(19)11-7-3-5-9-13(11)17-18-15/h2-9H,1H3,(H,16,19). The van der Waals surface area contributed by atoms with E-state index in [9.17, 15) is 4.79 Å². The molecule has 0 saturated carbocycles. The van der Waals surface area contributed by atoms with E-state index in [-0.39, 0.29) is 5.91 Å². The second kappa shape index (κ2) is 5.71. The molecule has 94 valence electrons. The smallest absolute Gasteiger partial charge is 0.256 e. The molecule has 0 aliphatic carbocycles. The van der Waals surface area contributed by atoms with Crippen molar-refractivity contribution in [1.29, 1.82) is 0 Å². The fourth-order valence-corrected chi connectivity index (χ4v) is 1.70. The van der Waals surface area contributed by atoms with Gasteiger partial charge in [0.2, 0.25) is 0 Å². The maximum atomic E-state index is 12.2. The number of carbonyl (C=O) groups is 1. The minimum Gasteiger partial charge on any atom is -0.322 e. The first-order valence-electron chi connectivity index (χ1n) is 5.73. The third kappa shape index (κ3) is 2.91. The number of benzene rings is 2. The molecule has 1 amide bonds. The number of amides is 1. The van der Waals surface area contributed by atoms with Gasteiger partial charge < -0.3 is 5.32 Å². The van der Waals surface area contributed by atoms with Crippen LogP contribution in [0.2, 0.25) is 0 Å². The molecular formula is C14H12N4O. The van der Waals surface area contributed by atoms with Crippen LogP contribution in [0, 0.1) is 6.92 Å². The normalized spacial score (nSPS) is 9.53. The number of rotatable bonds is 3. The lowest BCUT2D eigenvalue weighted by molar-refractivity contribution is 0.102. The largest absolute Gasteiger partial charge is 0.322 e. The molecule has 0 spiro atoms. The molecule has 0 aliphatic heterocycles. The Morgan fingerprint density at radius 1 is 1.16 bits per heavy atom. The Labute approximate surface area is 110 Å². The SMILES string of the molecule is Cc1ccccc1NC(=O)c1ccccc1N=[N+]=[N-]. The molecule has 0 radical (unpaired) electrons. The summed E-state index contributed by atoms with van der Waals surface area (Å²) in [5.41, 5.74) is 10.9. The number of azide groups is 1. The van der Waals surface area contributed by atoms with E-state index in [1.165, 1.54) is 0 Å². The average Bonchev–Trinajstić information content (AvgIpc) is 2.42. The molecule has 2 aromatic rings. The van der Waals surface area contributed by atoms with Crippen LogP contribution in [0.5, 0.6) is 0 Å². The van der Waals surface area contributed by atoms with Crippen molar-refractivity contribution in [2.45, 2.75) is 6.92 Å². The second-order valence-electron chi connectivity index (χ2n) is 3.98. The highest BCUT2D eigenvalue weighted by atomic mass is 16.1. The van der Waals surface area contributed by atoms with E-state index in [1.54, 1.807) is 24.3 Å². The highest BCUT2D eigenvalue weighted by molar-refractivity contribution is 6.07. The maximum Gasteiger partial charge on any atom is 0.256 e. The molecule has 0 bridgehead atoms. The van der Waals surface area contributed by atoms with Crippen LogP contribution < -0.4 is 5.32 Å². The second-order valence-corrected chi connectivity index (χ2v) is 3.98. The molecule has 2 rings (SSSR count). The van der Waals surface area contributed by atoms with E-state index in [4.69, 9.17) is 5.53 Å². The number of carbonyl (C=O) groups excluding carboxylic acids is 1. The van der Waals surface area contributed by atoms with Crippen LogP contribution in [0.15, 0.2) is 53.6 Å². The van der Waals surface area contributed by atoms with Gasteiger partial charge in [-0.05, 0) is 30.2 Å². The number of para-hydroxylation sites is 1. The number of anilines is 1. The van der Waals surface area contributed by atoms with Crippen LogP contribution >= 0.6 is 0 Å². The van der Waals surface area contributed by atoms with Gasteiger partial charge in [0.25, 0.3) is 5.91 Å². The Hall–Kier alpha value is -2.78. The highest BCUT2D eigenvalue weighted by Gasteiger charge is 2.10. The van der Waals surface area contributed by atoms with Gasteiger partial charge in [0.05, 0.1) is 5.69 Å². The number of hydrogen-bond acceptors (Lipinski definition) is 2. The number of nitrogens with zero attached hydrogens (tertiary/aromatic N) is 3. The number of aryl methyl sites for hydroxylation is 1. The summed E-state index contributed by atoms with van der Waals surface area (Å²) >= 11 is 0.